The molecule has 0 saturated carbocycles. The Morgan fingerprint density at radius 2 is 1.90 bits per heavy atom. The number of pyridine rings is 1. The summed E-state index contributed by atoms with van der Waals surface area (Å²) < 4.78 is 12.6. The van der Waals surface area contributed by atoms with Gasteiger partial charge in [-0.15, -0.1) is 0 Å². The number of esters is 1. The Bertz CT molecular complexity index is 1230. The van der Waals surface area contributed by atoms with Crippen LogP contribution in [0.4, 0.5) is 5.82 Å². The van der Waals surface area contributed by atoms with E-state index >= 15 is 0 Å². The second kappa shape index (κ2) is 8.43. The van der Waals surface area contributed by atoms with Crippen LogP contribution in [0.15, 0.2) is 65.4 Å². The van der Waals surface area contributed by atoms with Crippen molar-refractivity contribution >= 4 is 28.6 Å². The van der Waals surface area contributed by atoms with Crippen LogP contribution in [0.1, 0.15) is 37.2 Å². The second-order valence-electron chi connectivity index (χ2n) is 7.34. The molecule has 0 bridgehead atoms. The molecule has 1 N–H and O–H groups in total. The number of hydrogen-bond acceptors (Lipinski definition) is 6. The molecule has 0 fully saturated rings. The minimum Gasteiger partial charge on any atom is -0.463 e. The number of para-hydroxylation sites is 1. The highest BCUT2D eigenvalue weighted by atomic mass is 16.5. The lowest BCUT2D eigenvalue weighted by molar-refractivity contribution is -0.123. The largest absolute Gasteiger partial charge is 0.463 e. The maximum Gasteiger partial charge on any atom is 0.339 e. The summed E-state index contributed by atoms with van der Waals surface area (Å²) in [5, 5.41) is 7.57. The average Bonchev–Trinajstić information content (AvgIpc) is 3.45. The molecule has 0 saturated heterocycles. The van der Waals surface area contributed by atoms with Gasteiger partial charge in [-0.25, -0.2) is 14.5 Å². The number of hydrogen-bond donors (Lipinski definition) is 1. The van der Waals surface area contributed by atoms with Crippen molar-refractivity contribution in [3.05, 3.63) is 66.6 Å². The molecule has 1 atom stereocenters. The molecule has 158 valence electrons. The lowest BCUT2D eigenvalue weighted by Gasteiger charge is -2.16. The van der Waals surface area contributed by atoms with E-state index in [1.165, 1.54) is 6.92 Å². The third-order valence-electron chi connectivity index (χ3n) is 4.77. The van der Waals surface area contributed by atoms with Crippen molar-refractivity contribution < 1.29 is 18.7 Å². The molecule has 8 nitrogen and oxygen atoms in total. The average molecular weight is 418 g/mol. The first-order valence-electron chi connectivity index (χ1n) is 9.93. The lowest BCUT2D eigenvalue weighted by Crippen LogP contribution is -2.31. The summed E-state index contributed by atoms with van der Waals surface area (Å²) in [6, 6.07) is 14.1. The van der Waals surface area contributed by atoms with E-state index in [2.05, 4.69) is 15.4 Å². The van der Waals surface area contributed by atoms with Gasteiger partial charge in [0.1, 0.15) is 11.5 Å². The number of rotatable bonds is 6. The van der Waals surface area contributed by atoms with Crippen molar-refractivity contribution in [2.24, 2.45) is 0 Å². The van der Waals surface area contributed by atoms with Crippen LogP contribution in [0.3, 0.4) is 0 Å². The van der Waals surface area contributed by atoms with Crippen LogP contribution in [-0.4, -0.2) is 32.7 Å². The number of nitrogens with zero attached hydrogens (tertiary/aromatic N) is 3. The number of fused-ring (bicyclic) bond motifs is 1. The van der Waals surface area contributed by atoms with Crippen LogP contribution in [0.5, 0.6) is 0 Å². The molecule has 3 aromatic heterocycles. The highest BCUT2D eigenvalue weighted by molar-refractivity contribution is 6.05. The van der Waals surface area contributed by atoms with Gasteiger partial charge in [0, 0.05) is 17.5 Å². The first-order chi connectivity index (χ1) is 14.9. The van der Waals surface area contributed by atoms with Gasteiger partial charge in [-0.3, -0.25) is 4.79 Å². The Labute approximate surface area is 178 Å². The molecule has 0 aliphatic carbocycles. The first kappa shape index (κ1) is 20.3. The summed E-state index contributed by atoms with van der Waals surface area (Å²) in [4.78, 5) is 30.2. The lowest BCUT2D eigenvalue weighted by atomic mass is 10.1. The van der Waals surface area contributed by atoms with E-state index in [9.17, 15) is 9.59 Å². The molecule has 31 heavy (non-hydrogen) atoms. The molecule has 8 heteroatoms. The minimum absolute atomic E-state index is 0.0753. The monoisotopic (exact) mass is 418 g/mol. The third kappa shape index (κ3) is 4.18. The molecule has 3 heterocycles. The van der Waals surface area contributed by atoms with E-state index in [-0.39, 0.29) is 6.04 Å². The normalized spacial score (nSPS) is 12.1. The minimum atomic E-state index is -1.01. The van der Waals surface area contributed by atoms with E-state index in [4.69, 9.17) is 9.15 Å². The number of nitrogens with one attached hydrogen (secondary N) is 1. The Balaban J connectivity index is 1.58. The molecule has 4 rings (SSSR count). The number of carbonyl (C=O) groups excluding carboxylic acids is 2. The number of aromatic nitrogens is 3. The first-order valence-corrected chi connectivity index (χ1v) is 9.93. The summed E-state index contributed by atoms with van der Waals surface area (Å²) in [7, 11) is 0. The molecular formula is C23H22N4O4. The Morgan fingerprint density at radius 1 is 1.10 bits per heavy atom. The smallest absolute Gasteiger partial charge is 0.339 e. The molecule has 1 aromatic carbocycles. The molecule has 4 aromatic rings. The number of anilines is 1. The summed E-state index contributed by atoms with van der Waals surface area (Å²) in [6.07, 6.45) is 2.13. The SMILES string of the molecule is CC(C)n1nccc1NC(=O)[C@H](C)OC(=O)c1cc(-c2ccco2)nc2ccccc12. The highest BCUT2D eigenvalue weighted by Gasteiger charge is 2.23. The van der Waals surface area contributed by atoms with Crippen molar-refractivity contribution in [2.45, 2.75) is 32.9 Å². The van der Waals surface area contributed by atoms with Crippen LogP contribution < -0.4 is 5.32 Å². The van der Waals surface area contributed by atoms with Crippen LogP contribution in [0.25, 0.3) is 22.4 Å². The van der Waals surface area contributed by atoms with E-state index in [1.807, 2.05) is 32.0 Å². The van der Waals surface area contributed by atoms with Gasteiger partial charge in [-0.05, 0) is 45.0 Å². The molecule has 0 radical (unpaired) electrons. The zero-order valence-corrected chi connectivity index (χ0v) is 17.4. The van der Waals surface area contributed by atoms with Crippen molar-refractivity contribution in [3.8, 4) is 11.5 Å². The van der Waals surface area contributed by atoms with Gasteiger partial charge in [-0.1, -0.05) is 18.2 Å². The van der Waals surface area contributed by atoms with Gasteiger partial charge >= 0.3 is 5.97 Å². The van der Waals surface area contributed by atoms with E-state index < -0.39 is 18.0 Å². The number of ether oxygens (including phenoxy) is 1. The van der Waals surface area contributed by atoms with Gasteiger partial charge in [0.15, 0.2) is 11.9 Å². The fraction of sp³-hybridized carbons (Fsp3) is 0.217. The topological polar surface area (TPSA) is 99.2 Å². The van der Waals surface area contributed by atoms with Crippen molar-refractivity contribution in [2.75, 3.05) is 5.32 Å². The second-order valence-corrected chi connectivity index (χ2v) is 7.34. The molecule has 0 spiro atoms. The highest BCUT2D eigenvalue weighted by Crippen LogP contribution is 2.26. The van der Waals surface area contributed by atoms with Crippen molar-refractivity contribution in [1.82, 2.24) is 14.8 Å². The molecule has 1 amide bonds. The number of amides is 1. The van der Waals surface area contributed by atoms with E-state index in [0.29, 0.717) is 33.7 Å². The summed E-state index contributed by atoms with van der Waals surface area (Å²) in [6.45, 7) is 5.44. The predicted molar refractivity (Wildman–Crippen MR) is 116 cm³/mol. The molecule has 0 aliphatic rings. The van der Waals surface area contributed by atoms with Crippen LogP contribution in [-0.2, 0) is 9.53 Å². The quantitative estimate of drug-likeness (QED) is 0.464. The summed E-state index contributed by atoms with van der Waals surface area (Å²) in [5.41, 5.74) is 1.44. The zero-order chi connectivity index (χ0) is 22.0. The summed E-state index contributed by atoms with van der Waals surface area (Å²) >= 11 is 0. The van der Waals surface area contributed by atoms with Crippen LogP contribution in [0, 0.1) is 0 Å². The summed E-state index contributed by atoms with van der Waals surface area (Å²) in [5.74, 6) is 0.0108. The Morgan fingerprint density at radius 3 is 2.65 bits per heavy atom. The maximum atomic E-state index is 13.0. The van der Waals surface area contributed by atoms with Gasteiger partial charge in [0.05, 0.1) is 23.5 Å². The van der Waals surface area contributed by atoms with E-state index in [0.717, 1.165) is 0 Å². The fourth-order valence-corrected chi connectivity index (χ4v) is 3.23. The standard InChI is InChI=1S/C23H22N4O4/c1-14(2)27-21(10-11-24-27)26-22(28)15(3)31-23(29)17-13-19(20-9-6-12-30-20)25-18-8-5-4-7-16(17)18/h4-15H,1-3H3,(H,26,28)/t15-/m0/s1. The zero-order valence-electron chi connectivity index (χ0n) is 17.4. The molecule has 0 unspecified atom stereocenters. The van der Waals surface area contributed by atoms with Crippen molar-refractivity contribution in [1.29, 1.82) is 0 Å². The third-order valence-corrected chi connectivity index (χ3v) is 4.77. The van der Waals surface area contributed by atoms with Crippen molar-refractivity contribution in [3.63, 3.8) is 0 Å². The Hall–Kier alpha value is -3.94. The predicted octanol–water partition coefficient (Wildman–Crippen LogP) is 4.46. The maximum absolute atomic E-state index is 13.0. The van der Waals surface area contributed by atoms with Gasteiger partial charge in [0.25, 0.3) is 5.91 Å². The molecule has 0 aliphatic heterocycles. The van der Waals surface area contributed by atoms with Gasteiger partial charge in [-0.2, -0.15) is 5.10 Å². The Kier molecular flexibility index (Phi) is 5.53. The van der Waals surface area contributed by atoms with E-state index in [1.54, 1.807) is 47.5 Å². The number of benzene rings is 1. The van der Waals surface area contributed by atoms with Gasteiger partial charge < -0.3 is 14.5 Å². The molecular weight excluding hydrogens is 396 g/mol. The van der Waals surface area contributed by atoms with Crippen LogP contribution in [0.2, 0.25) is 0 Å². The number of carbonyl (C=O) groups is 2. The fourth-order valence-electron chi connectivity index (χ4n) is 3.23. The number of furan rings is 1. The van der Waals surface area contributed by atoms with Crippen LogP contribution >= 0.6 is 0 Å². The van der Waals surface area contributed by atoms with Gasteiger partial charge in [0.2, 0.25) is 0 Å².